The summed E-state index contributed by atoms with van der Waals surface area (Å²) in [7, 11) is -10.7. The number of rotatable bonds is 0. The molecule has 0 heterocycles. The molecule has 0 unspecified atom stereocenters. The largest absolute Gasteiger partial charge is 0.311 e. The van der Waals surface area contributed by atoms with Gasteiger partial charge >= 0.3 is 33.0 Å². The summed E-state index contributed by atoms with van der Waals surface area (Å²) in [6, 6.07) is 0. The zero-order valence-corrected chi connectivity index (χ0v) is 31.9. The SMILES string of the molecule is F[P-](F)(F)(F)(F)F.[C-]#[N+]C(C)(C)C.[C-]#[N+]C(C)(C)C.[C-]#[N+]C(C)(C)C.[C-]#[N+]C(C)(C)C.[C-]#[N+]C(C)(C)C.[C-]#[N+]C(C)(C)C.[Mn]. The molecule has 0 aliphatic heterocycles. The molecular weight excluding hydrogens is 644 g/mol. The Kier molecular flexibility index (Phi) is 29.3. The van der Waals surface area contributed by atoms with Crippen LogP contribution in [0.5, 0.6) is 0 Å². The molecule has 0 aliphatic carbocycles. The van der Waals surface area contributed by atoms with E-state index in [9.17, 15) is 25.2 Å². The van der Waals surface area contributed by atoms with Crippen LogP contribution in [0.3, 0.4) is 0 Å². The van der Waals surface area contributed by atoms with Crippen LogP contribution in [0.4, 0.5) is 25.2 Å². The van der Waals surface area contributed by atoms with E-state index in [0.717, 1.165) is 0 Å². The minimum absolute atomic E-state index is 0. The van der Waals surface area contributed by atoms with Crippen molar-refractivity contribution in [3.05, 3.63) is 68.5 Å². The van der Waals surface area contributed by atoms with E-state index in [4.69, 9.17) is 39.4 Å². The predicted octanol–water partition coefficient (Wildman–Crippen LogP) is 13.6. The van der Waals surface area contributed by atoms with Gasteiger partial charge in [0.1, 0.15) is 0 Å². The van der Waals surface area contributed by atoms with Crippen LogP contribution in [0.25, 0.3) is 29.1 Å². The molecule has 0 amide bonds. The first-order valence-corrected chi connectivity index (χ1v) is 14.7. The maximum absolute atomic E-state index is 10.7. The van der Waals surface area contributed by atoms with E-state index < -0.39 is 7.81 Å². The second-order valence-electron chi connectivity index (χ2n) is 14.7. The van der Waals surface area contributed by atoms with E-state index >= 15 is 0 Å². The van der Waals surface area contributed by atoms with Crippen molar-refractivity contribution < 1.29 is 42.3 Å². The molecule has 14 heteroatoms. The first-order valence-electron chi connectivity index (χ1n) is 12.7. The number of hydrogen-bond donors (Lipinski definition) is 0. The van der Waals surface area contributed by atoms with Crippen molar-refractivity contribution in [3.63, 3.8) is 0 Å². The van der Waals surface area contributed by atoms with Gasteiger partial charge in [0, 0.05) is 142 Å². The average Bonchev–Trinajstić information content (AvgIpc) is 2.70. The summed E-state index contributed by atoms with van der Waals surface area (Å²) in [5.41, 5.74) is -1.00. The van der Waals surface area contributed by atoms with Crippen LogP contribution in [0, 0.1) is 39.4 Å². The van der Waals surface area contributed by atoms with Gasteiger partial charge in [-0.25, -0.2) is 39.4 Å². The molecule has 0 rings (SSSR count). The zero-order chi connectivity index (χ0) is 37.7. The van der Waals surface area contributed by atoms with Crippen LogP contribution in [0.2, 0.25) is 0 Å². The summed E-state index contributed by atoms with van der Waals surface area (Å²) < 4.78 is 59.2. The number of halogens is 6. The molecule has 0 aromatic carbocycles. The summed E-state index contributed by atoms with van der Waals surface area (Å²) in [4.78, 5) is 19.6. The molecule has 0 bridgehead atoms. The fourth-order valence-corrected chi connectivity index (χ4v) is 0. The number of hydrogen-bond acceptors (Lipinski definition) is 0. The van der Waals surface area contributed by atoms with Gasteiger partial charge in [-0.15, -0.1) is 0 Å². The molecular formula is C30H54F6MnN6P-. The molecule has 6 nitrogen and oxygen atoms in total. The second-order valence-corrected chi connectivity index (χ2v) is 16.6. The Morgan fingerprint density at radius 2 is 0.318 bits per heavy atom. The number of nitrogens with zero attached hydrogens (tertiary/aromatic N) is 6. The fourth-order valence-electron chi connectivity index (χ4n) is 0. The van der Waals surface area contributed by atoms with Gasteiger partial charge in [0.2, 0.25) is 33.2 Å². The first kappa shape index (κ1) is 60.6. The van der Waals surface area contributed by atoms with Crippen LogP contribution in [-0.4, -0.2) is 33.2 Å². The molecule has 0 saturated carbocycles. The Labute approximate surface area is 276 Å². The summed E-state index contributed by atoms with van der Waals surface area (Å²) in [5.74, 6) is 0. The monoisotopic (exact) mass is 698 g/mol. The van der Waals surface area contributed by atoms with Crippen molar-refractivity contribution in [2.45, 2.75) is 158 Å². The Morgan fingerprint density at radius 3 is 0.318 bits per heavy atom. The molecule has 0 saturated heterocycles. The van der Waals surface area contributed by atoms with Gasteiger partial charge < -0.3 is 29.1 Å². The van der Waals surface area contributed by atoms with Crippen LogP contribution >= 0.6 is 7.81 Å². The van der Waals surface area contributed by atoms with E-state index in [1.54, 1.807) is 0 Å². The quantitative estimate of drug-likeness (QED) is 0.104. The zero-order valence-electron chi connectivity index (χ0n) is 29.8. The third-order valence-corrected chi connectivity index (χ3v) is 2.01. The fraction of sp³-hybridized carbons (Fsp3) is 0.800. The molecule has 0 spiro atoms. The van der Waals surface area contributed by atoms with Gasteiger partial charge in [-0.2, -0.15) is 0 Å². The summed E-state index contributed by atoms with van der Waals surface area (Å²) in [6.45, 7) is 72.9. The molecule has 0 aliphatic rings. The van der Waals surface area contributed by atoms with Crippen molar-refractivity contribution in [1.29, 1.82) is 0 Å². The van der Waals surface area contributed by atoms with Crippen LogP contribution in [-0.2, 0) is 17.1 Å². The Hall–Kier alpha value is -2.53. The minimum atomic E-state index is -10.7. The van der Waals surface area contributed by atoms with E-state index in [2.05, 4.69) is 29.1 Å². The van der Waals surface area contributed by atoms with Gasteiger partial charge in [0.15, 0.2) is 0 Å². The van der Waals surface area contributed by atoms with Gasteiger partial charge in [-0.1, -0.05) is 0 Å². The molecule has 0 aromatic heterocycles. The van der Waals surface area contributed by atoms with E-state index in [1.165, 1.54) is 0 Å². The van der Waals surface area contributed by atoms with Gasteiger partial charge in [-0.05, 0) is 0 Å². The maximum Gasteiger partial charge on any atom is 0.224 e. The second kappa shape index (κ2) is 21.2. The summed E-state index contributed by atoms with van der Waals surface area (Å²) in [6.07, 6.45) is 0. The van der Waals surface area contributed by atoms with Gasteiger partial charge in [-0.3, -0.25) is 0 Å². The van der Waals surface area contributed by atoms with Gasteiger partial charge in [0.05, 0.1) is 0 Å². The first-order chi connectivity index (χ1) is 17.8. The summed E-state index contributed by atoms with van der Waals surface area (Å²) >= 11 is 0. The smallest absolute Gasteiger partial charge is 0.224 e. The van der Waals surface area contributed by atoms with Crippen molar-refractivity contribution in [2.75, 3.05) is 0 Å². The molecule has 0 atom stereocenters. The van der Waals surface area contributed by atoms with Crippen molar-refractivity contribution >= 4 is 7.81 Å². The Morgan fingerprint density at radius 1 is 0.295 bits per heavy atom. The van der Waals surface area contributed by atoms with E-state index in [1.807, 2.05) is 125 Å². The Bertz CT molecular complexity index is 824. The van der Waals surface area contributed by atoms with Crippen LogP contribution < -0.4 is 0 Å². The minimum Gasteiger partial charge on any atom is -0.311 e. The van der Waals surface area contributed by atoms with Crippen molar-refractivity contribution in [1.82, 2.24) is 0 Å². The Balaban J connectivity index is -0.0000000571. The molecule has 0 aromatic rings. The molecule has 0 N–H and O–H groups in total. The van der Waals surface area contributed by atoms with Crippen molar-refractivity contribution in [2.24, 2.45) is 0 Å². The third kappa shape index (κ3) is 244. The average molecular weight is 699 g/mol. The van der Waals surface area contributed by atoms with Crippen LogP contribution in [0.15, 0.2) is 0 Å². The predicted molar refractivity (Wildman–Crippen MR) is 172 cm³/mol. The molecule has 259 valence electrons. The van der Waals surface area contributed by atoms with Crippen molar-refractivity contribution in [3.8, 4) is 0 Å². The van der Waals surface area contributed by atoms with E-state index in [0.29, 0.717) is 0 Å². The molecule has 44 heavy (non-hydrogen) atoms. The van der Waals surface area contributed by atoms with E-state index in [-0.39, 0.29) is 50.3 Å². The maximum atomic E-state index is 9.87. The third-order valence-electron chi connectivity index (χ3n) is 2.01. The molecule has 0 fully saturated rings. The van der Waals surface area contributed by atoms with Gasteiger partial charge in [0.25, 0.3) is 0 Å². The normalized spacial score (nSPS) is 12.1. The standard InChI is InChI=1S/6C5H9N.F6P.Mn/c6*1-5(2,3)6-4;1-7(2,3,4,5)6;/h6*1-3H3;;/q;;;;;;-1;. The van der Waals surface area contributed by atoms with Crippen LogP contribution in [0.1, 0.15) is 125 Å². The topological polar surface area (TPSA) is 26.2 Å². The molecule has 1 radical (unpaired) electrons. The summed E-state index contributed by atoms with van der Waals surface area (Å²) in [5, 5.41) is 0.